The number of nitrogens with two attached hydrogens (primary N) is 2. The van der Waals surface area contributed by atoms with Crippen LogP contribution >= 0.6 is 67.8 Å². The second-order valence-corrected chi connectivity index (χ2v) is 11.8. The first-order chi connectivity index (χ1) is 20.1. The summed E-state index contributed by atoms with van der Waals surface area (Å²) >= 11 is 5.41. The monoisotopic (exact) mass is 941 g/mol. The van der Waals surface area contributed by atoms with Gasteiger partial charge in [-0.3, -0.25) is 24.0 Å². The maximum Gasteiger partial charge on any atom is 0.253 e. The van der Waals surface area contributed by atoms with Crippen LogP contribution in [0.15, 0.2) is 24.3 Å². The summed E-state index contributed by atoms with van der Waals surface area (Å²) in [6, 6.07) is 4.08. The Bertz CT molecular complexity index is 1270. The van der Waals surface area contributed by atoms with E-state index in [1.54, 1.807) is 28.7 Å². The number of rotatable bonds is 12. The third kappa shape index (κ3) is 11.0. The van der Waals surface area contributed by atoms with Crippen molar-refractivity contribution >= 4 is 103 Å². The zero-order valence-electron chi connectivity index (χ0n) is 22.4. The molecule has 0 aliphatic heterocycles. The van der Waals surface area contributed by atoms with Gasteiger partial charge >= 0.3 is 0 Å². The Hall–Kier alpha value is -2.22. The van der Waals surface area contributed by atoms with Gasteiger partial charge in [0, 0.05) is 14.7 Å². The minimum Gasteiger partial charge on any atom is -0.394 e. The Morgan fingerprint density at radius 1 is 0.744 bits per heavy atom. The zero-order valence-corrected chi connectivity index (χ0v) is 28.9. The Kier molecular flexibility index (Phi) is 16.7. The van der Waals surface area contributed by atoms with E-state index in [2.05, 4.69) is 16.0 Å². The van der Waals surface area contributed by atoms with Crippen molar-refractivity contribution in [2.75, 3.05) is 31.7 Å². The molecule has 0 fully saturated rings. The number of aliphatic hydroxyl groups is 5. The van der Waals surface area contributed by atoms with Gasteiger partial charge in [0.1, 0.15) is 6.10 Å². The second kappa shape index (κ2) is 18.6. The molecule has 0 unspecified atom stereocenters. The lowest BCUT2D eigenvalue weighted by Gasteiger charge is -2.22. The molecule has 0 saturated heterocycles. The van der Waals surface area contributed by atoms with Crippen molar-refractivity contribution in [2.45, 2.75) is 25.1 Å². The predicted octanol–water partition coefficient (Wildman–Crippen LogP) is -1.13. The van der Waals surface area contributed by atoms with Crippen molar-refractivity contribution in [3.05, 3.63) is 57.2 Å². The lowest BCUT2D eigenvalue weighted by atomic mass is 10.1. The van der Waals surface area contributed by atoms with Gasteiger partial charge in [-0.1, -0.05) is 6.07 Å². The maximum absolute atomic E-state index is 12.9. The van der Waals surface area contributed by atoms with Crippen molar-refractivity contribution in [3.63, 3.8) is 0 Å². The van der Waals surface area contributed by atoms with Gasteiger partial charge in [0.2, 0.25) is 11.8 Å². The van der Waals surface area contributed by atoms with Crippen LogP contribution in [0.4, 0.5) is 5.69 Å². The highest BCUT2D eigenvalue weighted by atomic mass is 127. The summed E-state index contributed by atoms with van der Waals surface area (Å²) in [4.78, 5) is 59.2. The van der Waals surface area contributed by atoms with Gasteiger partial charge in [-0.25, -0.2) is 0 Å². The summed E-state index contributed by atoms with van der Waals surface area (Å²) in [5.41, 5.74) is 10.7. The van der Waals surface area contributed by atoms with Crippen LogP contribution in [-0.2, 0) is 4.79 Å². The molecular formula is C25H30I3N5O10. The quantitative estimate of drug-likeness (QED) is 0.114. The van der Waals surface area contributed by atoms with Crippen LogP contribution in [0, 0.1) is 10.7 Å². The van der Waals surface area contributed by atoms with Crippen LogP contribution in [0.2, 0.25) is 0 Å². The molecule has 0 heterocycles. The van der Waals surface area contributed by atoms with E-state index < -0.39 is 74.2 Å². The number of benzene rings is 2. The van der Waals surface area contributed by atoms with Crippen molar-refractivity contribution in [2.24, 2.45) is 11.5 Å². The van der Waals surface area contributed by atoms with E-state index in [0.717, 1.165) is 0 Å². The second-order valence-electron chi connectivity index (χ2n) is 8.61. The smallest absolute Gasteiger partial charge is 0.253 e. The third-order valence-electron chi connectivity index (χ3n) is 5.38. The van der Waals surface area contributed by atoms with Crippen LogP contribution in [0.25, 0.3) is 0 Å². The average molecular weight is 941 g/mol. The molecule has 0 saturated carbocycles. The minimum atomic E-state index is -1.36. The SMILES string of the molecule is C[C@H](O)C(=O)Nc1c(I)c(C(=O)NC(CO)CO)c(I)c(C(=O)NC(CO)CO)c1I.NC(=O)c1cccc(C(N)=O)c1. The van der Waals surface area contributed by atoms with E-state index in [1.165, 1.54) is 25.1 Å². The van der Waals surface area contributed by atoms with Crippen molar-refractivity contribution in [1.82, 2.24) is 10.6 Å². The summed E-state index contributed by atoms with van der Waals surface area (Å²) in [5.74, 6) is -3.32. The maximum atomic E-state index is 12.9. The van der Waals surface area contributed by atoms with Gasteiger partial charge in [-0.15, -0.1) is 0 Å². The van der Waals surface area contributed by atoms with Gasteiger partial charge in [-0.05, 0) is 92.9 Å². The number of carbonyl (C=O) groups excluding carboxylic acids is 5. The molecule has 0 spiro atoms. The normalized spacial score (nSPS) is 11.3. The number of nitrogens with one attached hydrogen (secondary N) is 3. The molecule has 2 rings (SSSR count). The van der Waals surface area contributed by atoms with Gasteiger partial charge in [0.05, 0.1) is 62.5 Å². The molecular weight excluding hydrogens is 911 g/mol. The number of carbonyl (C=O) groups is 5. The highest BCUT2D eigenvalue weighted by molar-refractivity contribution is 14.1. The fraction of sp³-hybridized carbons (Fsp3) is 0.320. The molecule has 236 valence electrons. The molecule has 0 bridgehead atoms. The van der Waals surface area contributed by atoms with Gasteiger partial charge in [0.25, 0.3) is 17.7 Å². The highest BCUT2D eigenvalue weighted by Gasteiger charge is 2.30. The van der Waals surface area contributed by atoms with E-state index in [9.17, 15) is 49.5 Å². The summed E-state index contributed by atoms with van der Waals surface area (Å²) in [5, 5.41) is 54.0. The Labute approximate surface area is 286 Å². The first kappa shape index (κ1) is 38.8. The summed E-state index contributed by atoms with van der Waals surface area (Å²) < 4.78 is 0.746. The highest BCUT2D eigenvalue weighted by Crippen LogP contribution is 2.36. The number of hydrogen-bond acceptors (Lipinski definition) is 10. The standard InChI is InChI=1S/C17H22I3N3O8.C8H8N2O2/c1-6(28)15(29)23-14-12(19)9(16(30)21-7(2-24)3-25)11(18)10(13(14)20)17(31)22-8(4-26)5-27;9-7(11)5-2-1-3-6(4-5)8(10)12/h6-8,24-28H,2-5H2,1H3,(H,21,30)(H,22,31)(H,23,29);1-4H,(H2,9,11)(H2,10,12)/t6-;/m0./s1. The van der Waals surface area contributed by atoms with Crippen LogP contribution in [-0.4, -0.2) is 99.7 Å². The van der Waals surface area contributed by atoms with Crippen LogP contribution in [0.3, 0.4) is 0 Å². The molecule has 0 aliphatic rings. The summed E-state index contributed by atoms with van der Waals surface area (Å²) in [6.45, 7) is -0.829. The topological polar surface area (TPSA) is 275 Å². The first-order valence-corrected chi connectivity index (χ1v) is 15.3. The lowest BCUT2D eigenvalue weighted by molar-refractivity contribution is -0.123. The van der Waals surface area contributed by atoms with E-state index in [0.29, 0.717) is 0 Å². The van der Waals surface area contributed by atoms with Gasteiger partial charge in [-0.2, -0.15) is 0 Å². The van der Waals surface area contributed by atoms with E-state index in [1.807, 2.05) is 45.2 Å². The molecule has 2 aromatic rings. The Morgan fingerprint density at radius 3 is 1.42 bits per heavy atom. The molecule has 0 radical (unpaired) electrons. The van der Waals surface area contributed by atoms with Crippen LogP contribution in [0.5, 0.6) is 0 Å². The molecule has 2 aromatic carbocycles. The molecule has 1 atom stereocenters. The largest absolute Gasteiger partial charge is 0.394 e. The van der Waals surface area contributed by atoms with Crippen LogP contribution in [0.1, 0.15) is 48.4 Å². The van der Waals surface area contributed by atoms with Crippen molar-refractivity contribution < 1.29 is 49.5 Å². The summed E-state index contributed by atoms with van der Waals surface area (Å²) in [6.07, 6.45) is -1.36. The predicted molar refractivity (Wildman–Crippen MR) is 179 cm³/mol. The third-order valence-corrected chi connectivity index (χ3v) is 8.62. The molecule has 0 aliphatic carbocycles. The van der Waals surface area contributed by atoms with Crippen LogP contribution < -0.4 is 27.4 Å². The van der Waals surface area contributed by atoms with E-state index in [-0.39, 0.29) is 38.7 Å². The number of aliphatic hydroxyl groups excluding tert-OH is 5. The van der Waals surface area contributed by atoms with Gasteiger partial charge in [0.15, 0.2) is 0 Å². The molecule has 18 heteroatoms. The van der Waals surface area contributed by atoms with Crippen molar-refractivity contribution in [3.8, 4) is 0 Å². The average Bonchev–Trinajstić information content (AvgIpc) is 2.96. The number of anilines is 1. The van der Waals surface area contributed by atoms with E-state index in [4.69, 9.17) is 11.5 Å². The molecule has 43 heavy (non-hydrogen) atoms. The molecule has 0 aromatic heterocycles. The lowest BCUT2D eigenvalue weighted by Crippen LogP contribution is -2.42. The minimum absolute atomic E-state index is 0.00380. The fourth-order valence-electron chi connectivity index (χ4n) is 3.04. The summed E-state index contributed by atoms with van der Waals surface area (Å²) in [7, 11) is 0. The number of halogens is 3. The Balaban J connectivity index is 0.000000639. The van der Waals surface area contributed by atoms with Crippen molar-refractivity contribution in [1.29, 1.82) is 0 Å². The number of hydrogen-bond donors (Lipinski definition) is 10. The first-order valence-electron chi connectivity index (χ1n) is 12.1. The zero-order chi connectivity index (χ0) is 33.0. The fourth-order valence-corrected chi connectivity index (χ4v) is 7.45. The number of primary amides is 2. The van der Waals surface area contributed by atoms with E-state index >= 15 is 0 Å². The number of amides is 5. The molecule has 5 amide bonds. The van der Waals surface area contributed by atoms with Gasteiger partial charge < -0.3 is 53.0 Å². The molecule has 12 N–H and O–H groups in total. The molecule has 15 nitrogen and oxygen atoms in total. The Morgan fingerprint density at radius 2 is 1.12 bits per heavy atom.